The van der Waals surface area contributed by atoms with E-state index in [9.17, 15) is 4.79 Å². The SMILES string of the molecule is Cc1ccc(-c2ccc(C(=O)Nc3ccc(N4CCCC4)cc3)o2)cc1Cl. The highest BCUT2D eigenvalue weighted by Gasteiger charge is 2.15. The zero-order valence-corrected chi connectivity index (χ0v) is 15.9. The summed E-state index contributed by atoms with van der Waals surface area (Å²) in [5.41, 5.74) is 3.79. The summed E-state index contributed by atoms with van der Waals surface area (Å²) in [4.78, 5) is 14.8. The van der Waals surface area contributed by atoms with Crippen molar-refractivity contribution < 1.29 is 9.21 Å². The lowest BCUT2D eigenvalue weighted by Gasteiger charge is -2.17. The molecule has 3 aromatic rings. The molecule has 2 heterocycles. The first-order valence-electron chi connectivity index (χ1n) is 9.13. The van der Waals surface area contributed by atoms with E-state index in [1.165, 1.54) is 18.5 Å². The number of hydrogen-bond donors (Lipinski definition) is 1. The van der Waals surface area contributed by atoms with Crippen LogP contribution >= 0.6 is 11.6 Å². The maximum atomic E-state index is 12.5. The average Bonchev–Trinajstić information content (AvgIpc) is 3.36. The second-order valence-corrected chi connectivity index (χ2v) is 7.23. The number of hydrogen-bond acceptors (Lipinski definition) is 3. The topological polar surface area (TPSA) is 45.5 Å². The standard InChI is InChI=1S/C22H21ClN2O2/c1-15-4-5-16(14-19(15)23)20-10-11-21(27-20)22(26)24-17-6-8-18(9-7-17)25-12-2-3-13-25/h4-11,14H,2-3,12-13H2,1H3,(H,24,26). The summed E-state index contributed by atoms with van der Waals surface area (Å²) < 4.78 is 5.72. The van der Waals surface area contributed by atoms with Crippen LogP contribution in [0.5, 0.6) is 0 Å². The Balaban J connectivity index is 1.45. The van der Waals surface area contributed by atoms with E-state index in [1.54, 1.807) is 12.1 Å². The molecule has 0 atom stereocenters. The lowest BCUT2D eigenvalue weighted by atomic mass is 10.1. The van der Waals surface area contributed by atoms with Crippen molar-refractivity contribution in [2.45, 2.75) is 19.8 Å². The summed E-state index contributed by atoms with van der Waals surface area (Å²) in [6.45, 7) is 4.15. The molecule has 0 radical (unpaired) electrons. The van der Waals surface area contributed by atoms with Gasteiger partial charge < -0.3 is 14.6 Å². The molecule has 4 rings (SSSR count). The van der Waals surface area contributed by atoms with Gasteiger partial charge in [-0.25, -0.2) is 0 Å². The zero-order chi connectivity index (χ0) is 18.8. The molecule has 0 bridgehead atoms. The highest BCUT2D eigenvalue weighted by Crippen LogP contribution is 2.27. The number of amides is 1. The molecule has 2 aromatic carbocycles. The van der Waals surface area contributed by atoms with Crippen LogP contribution in [0.15, 0.2) is 59.0 Å². The van der Waals surface area contributed by atoms with Crippen molar-refractivity contribution in [3.63, 3.8) is 0 Å². The van der Waals surface area contributed by atoms with Crippen molar-refractivity contribution in [1.29, 1.82) is 0 Å². The molecule has 0 saturated carbocycles. The molecule has 1 aromatic heterocycles. The Labute approximate surface area is 163 Å². The highest BCUT2D eigenvalue weighted by atomic mass is 35.5. The summed E-state index contributed by atoms with van der Waals surface area (Å²) in [7, 11) is 0. The molecule has 1 fully saturated rings. The molecule has 0 unspecified atom stereocenters. The van der Waals surface area contributed by atoms with E-state index in [1.807, 2.05) is 49.4 Å². The fourth-order valence-corrected chi connectivity index (χ4v) is 3.47. The highest BCUT2D eigenvalue weighted by molar-refractivity contribution is 6.31. The number of benzene rings is 2. The zero-order valence-electron chi connectivity index (χ0n) is 15.2. The fourth-order valence-electron chi connectivity index (χ4n) is 3.28. The third-order valence-electron chi connectivity index (χ3n) is 4.88. The summed E-state index contributed by atoms with van der Waals surface area (Å²) in [6, 6.07) is 17.1. The second-order valence-electron chi connectivity index (χ2n) is 6.82. The number of furan rings is 1. The van der Waals surface area contributed by atoms with E-state index in [2.05, 4.69) is 10.2 Å². The Bertz CT molecular complexity index is 957. The Kier molecular flexibility index (Phi) is 4.90. The summed E-state index contributed by atoms with van der Waals surface area (Å²) >= 11 is 6.18. The van der Waals surface area contributed by atoms with E-state index >= 15 is 0 Å². The van der Waals surface area contributed by atoms with Gasteiger partial charge in [0.25, 0.3) is 5.91 Å². The van der Waals surface area contributed by atoms with Crippen LogP contribution in [0.2, 0.25) is 5.02 Å². The minimum Gasteiger partial charge on any atom is -0.451 e. The molecule has 1 saturated heterocycles. The molecule has 0 aliphatic carbocycles. The maximum Gasteiger partial charge on any atom is 0.291 e. The van der Waals surface area contributed by atoms with Crippen molar-refractivity contribution in [3.8, 4) is 11.3 Å². The van der Waals surface area contributed by atoms with Crippen molar-refractivity contribution >= 4 is 28.9 Å². The van der Waals surface area contributed by atoms with Gasteiger partial charge >= 0.3 is 0 Å². The van der Waals surface area contributed by atoms with Crippen LogP contribution in [-0.2, 0) is 0 Å². The van der Waals surface area contributed by atoms with Crippen molar-refractivity contribution in [3.05, 3.63) is 70.9 Å². The van der Waals surface area contributed by atoms with E-state index in [0.29, 0.717) is 10.8 Å². The molecular weight excluding hydrogens is 360 g/mol. The van der Waals surface area contributed by atoms with Crippen LogP contribution in [0.4, 0.5) is 11.4 Å². The quantitative estimate of drug-likeness (QED) is 0.625. The Hall–Kier alpha value is -2.72. The monoisotopic (exact) mass is 380 g/mol. The van der Waals surface area contributed by atoms with Gasteiger partial charge in [-0.15, -0.1) is 0 Å². The largest absolute Gasteiger partial charge is 0.451 e. The fraction of sp³-hybridized carbons (Fsp3) is 0.227. The van der Waals surface area contributed by atoms with Gasteiger partial charge in [0.05, 0.1) is 0 Å². The minimum atomic E-state index is -0.270. The first kappa shape index (κ1) is 17.7. The molecule has 1 aliphatic heterocycles. The van der Waals surface area contributed by atoms with Gasteiger partial charge in [-0.05, 0) is 67.8 Å². The third kappa shape index (κ3) is 3.86. The van der Waals surface area contributed by atoms with Crippen molar-refractivity contribution in [1.82, 2.24) is 0 Å². The molecule has 1 amide bonds. The predicted molar refractivity (Wildman–Crippen MR) is 110 cm³/mol. The summed E-state index contributed by atoms with van der Waals surface area (Å²) in [5, 5.41) is 3.56. The Morgan fingerprint density at radius 2 is 1.78 bits per heavy atom. The van der Waals surface area contributed by atoms with E-state index in [0.717, 1.165) is 29.9 Å². The van der Waals surface area contributed by atoms with Crippen molar-refractivity contribution in [2.24, 2.45) is 0 Å². The number of nitrogens with one attached hydrogen (secondary N) is 1. The normalized spacial score (nSPS) is 13.8. The number of rotatable bonds is 4. The molecule has 27 heavy (non-hydrogen) atoms. The van der Waals surface area contributed by atoms with Gasteiger partial charge in [-0.3, -0.25) is 4.79 Å². The minimum absolute atomic E-state index is 0.269. The average molecular weight is 381 g/mol. The van der Waals surface area contributed by atoms with E-state index < -0.39 is 0 Å². The number of nitrogens with zero attached hydrogens (tertiary/aromatic N) is 1. The lowest BCUT2D eigenvalue weighted by molar-refractivity contribution is 0.0997. The van der Waals surface area contributed by atoms with E-state index in [-0.39, 0.29) is 11.7 Å². The van der Waals surface area contributed by atoms with Crippen molar-refractivity contribution in [2.75, 3.05) is 23.3 Å². The van der Waals surface area contributed by atoms with Crippen LogP contribution in [0.1, 0.15) is 29.0 Å². The van der Waals surface area contributed by atoms with E-state index in [4.69, 9.17) is 16.0 Å². The van der Waals surface area contributed by atoms with Crippen LogP contribution in [0.25, 0.3) is 11.3 Å². The number of halogens is 1. The second kappa shape index (κ2) is 7.49. The Morgan fingerprint density at radius 3 is 2.48 bits per heavy atom. The van der Waals surface area contributed by atoms with Gasteiger partial charge in [-0.2, -0.15) is 0 Å². The molecule has 1 aliphatic rings. The Morgan fingerprint density at radius 1 is 1.04 bits per heavy atom. The van der Waals surface area contributed by atoms with Crippen LogP contribution in [0, 0.1) is 6.92 Å². The van der Waals surface area contributed by atoms with Crippen LogP contribution < -0.4 is 10.2 Å². The third-order valence-corrected chi connectivity index (χ3v) is 5.29. The summed E-state index contributed by atoms with van der Waals surface area (Å²) in [5.74, 6) is 0.616. The molecule has 0 spiro atoms. The lowest BCUT2D eigenvalue weighted by Crippen LogP contribution is -2.17. The molecule has 1 N–H and O–H groups in total. The van der Waals surface area contributed by atoms with Crippen LogP contribution in [-0.4, -0.2) is 19.0 Å². The first-order chi connectivity index (χ1) is 13.1. The van der Waals surface area contributed by atoms with Gasteiger partial charge in [0.1, 0.15) is 5.76 Å². The van der Waals surface area contributed by atoms with Gasteiger partial charge in [0, 0.05) is 35.1 Å². The number of aryl methyl sites for hydroxylation is 1. The maximum absolute atomic E-state index is 12.5. The first-order valence-corrected chi connectivity index (χ1v) is 9.51. The number of anilines is 2. The molecule has 5 heteroatoms. The predicted octanol–water partition coefficient (Wildman–Crippen LogP) is 5.76. The van der Waals surface area contributed by atoms with Crippen LogP contribution in [0.3, 0.4) is 0 Å². The molecule has 138 valence electrons. The molecule has 4 nitrogen and oxygen atoms in total. The van der Waals surface area contributed by atoms with Gasteiger partial charge in [0.15, 0.2) is 5.76 Å². The number of carbonyl (C=O) groups is 1. The smallest absolute Gasteiger partial charge is 0.291 e. The summed E-state index contributed by atoms with van der Waals surface area (Å²) in [6.07, 6.45) is 2.48. The van der Waals surface area contributed by atoms with Gasteiger partial charge in [0.2, 0.25) is 0 Å². The molecular formula is C22H21ClN2O2. The van der Waals surface area contributed by atoms with Gasteiger partial charge in [-0.1, -0.05) is 23.7 Å². The number of carbonyl (C=O) groups excluding carboxylic acids is 1.